The molecule has 0 radical (unpaired) electrons. The van der Waals surface area contributed by atoms with E-state index in [0.29, 0.717) is 16.1 Å². The molecule has 0 aliphatic carbocycles. The zero-order chi connectivity index (χ0) is 26.0. The summed E-state index contributed by atoms with van der Waals surface area (Å²) in [5, 5.41) is 6.24. The molecule has 192 valence electrons. The molecule has 0 aromatic heterocycles. The average Bonchev–Trinajstić information content (AvgIpc) is 3.36. The van der Waals surface area contributed by atoms with E-state index in [9.17, 15) is 9.59 Å². The van der Waals surface area contributed by atoms with Crippen LogP contribution in [0.2, 0.25) is 5.02 Å². The minimum atomic E-state index is -0.882. The molecule has 0 bridgehead atoms. The summed E-state index contributed by atoms with van der Waals surface area (Å²) < 4.78 is 18.4. The molecule has 3 atom stereocenters. The van der Waals surface area contributed by atoms with Crippen LogP contribution >= 0.6 is 11.6 Å². The molecule has 3 aromatic carbocycles. The highest BCUT2D eigenvalue weighted by atomic mass is 35.5. The van der Waals surface area contributed by atoms with Crippen molar-refractivity contribution in [1.29, 1.82) is 0 Å². The smallest absolute Gasteiger partial charge is 0.252 e. The molecule has 2 heterocycles. The summed E-state index contributed by atoms with van der Waals surface area (Å²) in [6.07, 6.45) is -0.915. The van der Waals surface area contributed by atoms with Gasteiger partial charge in [-0.1, -0.05) is 66.2 Å². The number of nitrogens with one attached hydrogen (secondary N) is 2. The summed E-state index contributed by atoms with van der Waals surface area (Å²) >= 11 is 6.17. The third kappa shape index (κ3) is 5.40. The van der Waals surface area contributed by atoms with E-state index in [2.05, 4.69) is 10.6 Å². The van der Waals surface area contributed by atoms with Crippen molar-refractivity contribution in [3.05, 3.63) is 95.0 Å². The van der Waals surface area contributed by atoms with Crippen LogP contribution in [0.4, 0.5) is 0 Å². The number of carbonyl (C=O) groups excluding carboxylic acids is 2. The predicted molar refractivity (Wildman–Crippen MR) is 141 cm³/mol. The van der Waals surface area contributed by atoms with E-state index in [1.54, 1.807) is 36.4 Å². The highest BCUT2D eigenvalue weighted by Gasteiger charge is 2.61. The first kappa shape index (κ1) is 25.4. The van der Waals surface area contributed by atoms with Crippen molar-refractivity contribution in [2.24, 2.45) is 0 Å². The van der Waals surface area contributed by atoms with Gasteiger partial charge in [-0.05, 0) is 49.2 Å². The molecular weight excluding hydrogens is 492 g/mol. The highest BCUT2D eigenvalue weighted by molar-refractivity contribution is 6.33. The zero-order valence-electron chi connectivity index (χ0n) is 20.7. The third-order valence-corrected chi connectivity index (χ3v) is 6.97. The van der Waals surface area contributed by atoms with Crippen LogP contribution in [0.15, 0.2) is 78.9 Å². The highest BCUT2D eigenvalue weighted by Crippen LogP contribution is 2.43. The fourth-order valence-electron chi connectivity index (χ4n) is 4.91. The Bertz CT molecular complexity index is 1280. The first-order valence-corrected chi connectivity index (χ1v) is 12.6. The molecule has 2 amide bonds. The molecule has 2 aliphatic heterocycles. The summed E-state index contributed by atoms with van der Waals surface area (Å²) in [5.41, 5.74) is 2.19. The molecular formula is C29H29ClN2O5. The van der Waals surface area contributed by atoms with Gasteiger partial charge in [0.2, 0.25) is 0 Å². The second-order valence-electron chi connectivity index (χ2n) is 9.77. The Morgan fingerprint density at radius 2 is 1.57 bits per heavy atom. The summed E-state index contributed by atoms with van der Waals surface area (Å²) in [6, 6.07) is 24.3. The molecule has 0 spiro atoms. The van der Waals surface area contributed by atoms with E-state index in [-0.39, 0.29) is 31.5 Å². The maximum Gasteiger partial charge on any atom is 0.252 e. The van der Waals surface area contributed by atoms with Gasteiger partial charge in [-0.2, -0.15) is 0 Å². The monoisotopic (exact) mass is 520 g/mol. The van der Waals surface area contributed by atoms with Gasteiger partial charge in [-0.3, -0.25) is 9.59 Å². The van der Waals surface area contributed by atoms with Crippen LogP contribution in [-0.2, 0) is 14.2 Å². The molecule has 2 fully saturated rings. The predicted octanol–water partition coefficient (Wildman–Crippen LogP) is 4.46. The van der Waals surface area contributed by atoms with E-state index in [1.807, 2.05) is 56.3 Å². The van der Waals surface area contributed by atoms with Gasteiger partial charge in [-0.25, -0.2) is 0 Å². The summed E-state index contributed by atoms with van der Waals surface area (Å²) in [7, 11) is 0. The second kappa shape index (κ2) is 10.3. The van der Waals surface area contributed by atoms with Crippen LogP contribution in [0, 0.1) is 0 Å². The van der Waals surface area contributed by atoms with Crippen molar-refractivity contribution >= 4 is 23.4 Å². The van der Waals surface area contributed by atoms with Gasteiger partial charge in [0.05, 0.1) is 23.7 Å². The van der Waals surface area contributed by atoms with Gasteiger partial charge in [0.25, 0.3) is 11.8 Å². The van der Waals surface area contributed by atoms with E-state index in [1.165, 1.54) is 0 Å². The molecule has 2 saturated heterocycles. The molecule has 8 heteroatoms. The molecule has 3 aromatic rings. The Morgan fingerprint density at radius 1 is 0.892 bits per heavy atom. The minimum Gasteiger partial charge on any atom is -0.370 e. The Kier molecular flexibility index (Phi) is 7.05. The lowest BCUT2D eigenvalue weighted by molar-refractivity contribution is -0.188. The maximum atomic E-state index is 12.8. The number of rotatable bonds is 7. The summed E-state index contributed by atoms with van der Waals surface area (Å²) in [4.78, 5) is 25.6. The van der Waals surface area contributed by atoms with E-state index in [0.717, 1.165) is 11.1 Å². The van der Waals surface area contributed by atoms with Crippen molar-refractivity contribution in [1.82, 2.24) is 10.6 Å². The molecule has 2 aliphatic rings. The first-order valence-electron chi connectivity index (χ1n) is 12.2. The fraction of sp³-hybridized carbons (Fsp3) is 0.310. The lowest BCUT2D eigenvalue weighted by atomic mass is 9.96. The topological polar surface area (TPSA) is 85.9 Å². The summed E-state index contributed by atoms with van der Waals surface area (Å²) in [5.74, 6) is -1.37. The normalized spacial score (nSPS) is 23.9. The standard InChI is InChI=1S/C29H29ClN2O5/c1-28(2)36-25-24(16-31-26(33)21-14-12-20(13-15-21)19-8-4-3-5-9-19)35-18-29(25,37-28)17-32-27(34)22-10-6-7-11-23(22)30/h3-15,24-25H,16-18H2,1-2H3,(H,31,33)(H,32,34)/t24-,25-,29+/m1/s1. The van der Waals surface area contributed by atoms with Crippen LogP contribution in [0.25, 0.3) is 11.1 Å². The first-order chi connectivity index (χ1) is 17.8. The Hall–Kier alpha value is -3.23. The number of halogens is 1. The largest absolute Gasteiger partial charge is 0.370 e. The van der Waals surface area contributed by atoms with Crippen molar-refractivity contribution < 1.29 is 23.8 Å². The van der Waals surface area contributed by atoms with Crippen molar-refractivity contribution in [3.63, 3.8) is 0 Å². The number of carbonyl (C=O) groups is 2. The second-order valence-corrected chi connectivity index (χ2v) is 10.2. The van der Waals surface area contributed by atoms with E-state index in [4.69, 9.17) is 25.8 Å². The van der Waals surface area contributed by atoms with Gasteiger partial charge in [0.15, 0.2) is 5.79 Å². The van der Waals surface area contributed by atoms with Crippen molar-refractivity contribution in [2.75, 3.05) is 19.7 Å². The number of ether oxygens (including phenoxy) is 3. The van der Waals surface area contributed by atoms with Gasteiger partial charge in [0, 0.05) is 12.1 Å². The third-order valence-electron chi connectivity index (χ3n) is 6.64. The number of benzene rings is 3. The van der Waals surface area contributed by atoms with Gasteiger partial charge in [-0.15, -0.1) is 0 Å². The molecule has 5 rings (SSSR count). The number of hydrogen-bond donors (Lipinski definition) is 2. The van der Waals surface area contributed by atoms with E-state index < -0.39 is 23.6 Å². The molecule has 37 heavy (non-hydrogen) atoms. The van der Waals surface area contributed by atoms with Crippen molar-refractivity contribution in [2.45, 2.75) is 37.4 Å². The lowest BCUT2D eigenvalue weighted by Crippen LogP contribution is -2.52. The quantitative estimate of drug-likeness (QED) is 0.480. The molecule has 0 saturated carbocycles. The lowest BCUT2D eigenvalue weighted by Gasteiger charge is -2.27. The Balaban J connectivity index is 1.22. The summed E-state index contributed by atoms with van der Waals surface area (Å²) in [6.45, 7) is 4.29. The van der Waals surface area contributed by atoms with Gasteiger partial charge in [0.1, 0.15) is 17.8 Å². The molecule has 2 N–H and O–H groups in total. The van der Waals surface area contributed by atoms with Crippen LogP contribution in [-0.4, -0.2) is 55.1 Å². The van der Waals surface area contributed by atoms with Crippen LogP contribution in [0.5, 0.6) is 0 Å². The van der Waals surface area contributed by atoms with Crippen molar-refractivity contribution in [3.8, 4) is 11.1 Å². The van der Waals surface area contributed by atoms with E-state index >= 15 is 0 Å². The number of fused-ring (bicyclic) bond motifs is 1. The Labute approximate surface area is 221 Å². The average molecular weight is 521 g/mol. The minimum absolute atomic E-state index is 0.177. The number of hydrogen-bond acceptors (Lipinski definition) is 5. The molecule has 7 nitrogen and oxygen atoms in total. The SMILES string of the molecule is CC1(C)O[C@@H]2[C@@H](CNC(=O)c3ccc(-c4ccccc4)cc3)OC[C@]2(CNC(=O)c2ccccc2Cl)O1. The van der Waals surface area contributed by atoms with Crippen LogP contribution in [0.1, 0.15) is 34.6 Å². The zero-order valence-corrected chi connectivity index (χ0v) is 21.5. The van der Waals surface area contributed by atoms with Gasteiger partial charge < -0.3 is 24.8 Å². The Morgan fingerprint density at radius 3 is 2.30 bits per heavy atom. The fourth-order valence-corrected chi connectivity index (χ4v) is 5.13. The van der Waals surface area contributed by atoms with Gasteiger partial charge >= 0.3 is 0 Å². The maximum absolute atomic E-state index is 12.8. The molecule has 0 unspecified atom stereocenters. The van der Waals surface area contributed by atoms with Crippen LogP contribution < -0.4 is 10.6 Å². The van der Waals surface area contributed by atoms with Crippen LogP contribution in [0.3, 0.4) is 0 Å². The number of amides is 2.